The van der Waals surface area contributed by atoms with Crippen LogP contribution in [0.3, 0.4) is 0 Å². The normalized spacial score (nSPS) is 11.3. The summed E-state index contributed by atoms with van der Waals surface area (Å²) >= 11 is 6.86. The Bertz CT molecular complexity index is 652. The summed E-state index contributed by atoms with van der Waals surface area (Å²) in [6.45, 7) is 4.03. The maximum Gasteiger partial charge on any atom is 0.0246 e. The van der Waals surface area contributed by atoms with Crippen molar-refractivity contribution in [2.75, 3.05) is 0 Å². The molecule has 0 radical (unpaired) electrons. The zero-order valence-electron chi connectivity index (χ0n) is 13.8. The van der Waals surface area contributed by atoms with E-state index in [1.807, 2.05) is 50.3 Å². The molecular weight excluding hydrogens is 412 g/mol. The molecule has 0 spiro atoms. The van der Waals surface area contributed by atoms with Crippen molar-refractivity contribution in [1.29, 1.82) is 0 Å². The molecule has 1 aromatic rings. The topological polar surface area (TPSA) is 0 Å². The summed E-state index contributed by atoms with van der Waals surface area (Å²) < 4.78 is 2.19. The maximum atomic E-state index is 3.43. The fourth-order valence-electron chi connectivity index (χ4n) is 1.87. The van der Waals surface area contributed by atoms with Gasteiger partial charge in [0.05, 0.1) is 0 Å². The van der Waals surface area contributed by atoms with Crippen molar-refractivity contribution < 1.29 is 0 Å². The van der Waals surface area contributed by atoms with Gasteiger partial charge in [-0.25, -0.2) is 0 Å². The van der Waals surface area contributed by atoms with Crippen molar-refractivity contribution in [1.82, 2.24) is 0 Å². The fourth-order valence-corrected chi connectivity index (χ4v) is 2.38. The highest BCUT2D eigenvalue weighted by Gasteiger charge is 1.89. The molecule has 0 amide bonds. The van der Waals surface area contributed by atoms with E-state index >= 15 is 0 Å². The van der Waals surface area contributed by atoms with Crippen LogP contribution >= 0.6 is 31.9 Å². The van der Waals surface area contributed by atoms with Crippen LogP contribution in [0.1, 0.15) is 51.5 Å². The van der Waals surface area contributed by atoms with Crippen molar-refractivity contribution in [2.24, 2.45) is 0 Å². The summed E-state index contributed by atoms with van der Waals surface area (Å²) in [5, 5.41) is 0. The zero-order valence-corrected chi connectivity index (χ0v) is 16.9. The molecule has 23 heavy (non-hydrogen) atoms. The summed E-state index contributed by atoms with van der Waals surface area (Å²) in [4.78, 5) is 0. The first-order valence-electron chi connectivity index (χ1n) is 7.85. The fraction of sp³-hybridized carbons (Fsp3) is 0.333. The van der Waals surface area contributed by atoms with E-state index in [9.17, 15) is 0 Å². The molecule has 0 saturated carbocycles. The Morgan fingerprint density at radius 3 is 2.30 bits per heavy atom. The third-order valence-corrected chi connectivity index (χ3v) is 3.84. The van der Waals surface area contributed by atoms with E-state index in [0.717, 1.165) is 45.8 Å². The van der Waals surface area contributed by atoms with E-state index in [0.29, 0.717) is 0 Å². The number of hydrogen-bond donors (Lipinski definition) is 0. The molecule has 120 valence electrons. The quantitative estimate of drug-likeness (QED) is 0.266. The van der Waals surface area contributed by atoms with Crippen molar-refractivity contribution in [3.05, 3.63) is 56.5 Å². The Kier molecular flexibility index (Phi) is 10.5. The summed E-state index contributed by atoms with van der Waals surface area (Å²) in [7, 11) is 0. The number of allylic oxidation sites excluding steroid dienone is 4. The molecule has 0 atom stereocenters. The Morgan fingerprint density at radius 2 is 1.70 bits per heavy atom. The summed E-state index contributed by atoms with van der Waals surface area (Å²) in [6.07, 6.45) is 9.45. The van der Waals surface area contributed by atoms with Gasteiger partial charge in [-0.2, -0.15) is 0 Å². The molecule has 0 nitrogen and oxygen atoms in total. The minimum Gasteiger partial charge on any atom is -0.0979 e. The van der Waals surface area contributed by atoms with Gasteiger partial charge >= 0.3 is 0 Å². The molecule has 0 aliphatic rings. The van der Waals surface area contributed by atoms with Gasteiger partial charge in [-0.3, -0.25) is 0 Å². The highest BCUT2D eigenvalue weighted by Crippen LogP contribution is 2.10. The maximum absolute atomic E-state index is 3.43. The molecule has 0 unspecified atom stereocenters. The first-order valence-corrected chi connectivity index (χ1v) is 9.44. The molecule has 0 saturated heterocycles. The largest absolute Gasteiger partial charge is 0.0979 e. The van der Waals surface area contributed by atoms with Crippen LogP contribution in [-0.4, -0.2) is 0 Å². The monoisotopic (exact) mass is 432 g/mol. The molecule has 1 rings (SSSR count). The second-order valence-corrected chi connectivity index (χ2v) is 7.31. The Balaban J connectivity index is 2.20. The standard InChI is InChI=1S/C21H22Br2/c1-3-19(17-18(2)22)11-9-7-5-4-6-8-10-12-20-13-15-21(23)16-14-20/h3,13-17H,4-8H2,1-2H3/b18-17+,19-3-. The van der Waals surface area contributed by atoms with Gasteiger partial charge in [0.2, 0.25) is 0 Å². The van der Waals surface area contributed by atoms with Gasteiger partial charge in [0.1, 0.15) is 0 Å². The predicted octanol–water partition coefficient (Wildman–Crippen LogP) is 7.00. The van der Waals surface area contributed by atoms with E-state index in [4.69, 9.17) is 0 Å². The second-order valence-electron chi connectivity index (χ2n) is 5.15. The van der Waals surface area contributed by atoms with Crippen LogP contribution in [0.5, 0.6) is 0 Å². The molecule has 0 N–H and O–H groups in total. The lowest BCUT2D eigenvalue weighted by Gasteiger charge is -1.94. The van der Waals surface area contributed by atoms with Gasteiger partial charge in [-0.05, 0) is 61.5 Å². The van der Waals surface area contributed by atoms with E-state index in [-0.39, 0.29) is 0 Å². The Hall–Kier alpha value is -1.22. The van der Waals surface area contributed by atoms with Gasteiger partial charge in [0.15, 0.2) is 0 Å². The number of benzene rings is 1. The van der Waals surface area contributed by atoms with Gasteiger partial charge in [0.25, 0.3) is 0 Å². The van der Waals surface area contributed by atoms with E-state index < -0.39 is 0 Å². The molecule has 0 aliphatic carbocycles. The third-order valence-electron chi connectivity index (χ3n) is 3.08. The smallest absolute Gasteiger partial charge is 0.0246 e. The lowest BCUT2D eigenvalue weighted by atomic mass is 10.1. The first-order chi connectivity index (χ1) is 11.1. The Labute approximate surface area is 157 Å². The lowest BCUT2D eigenvalue weighted by molar-refractivity contribution is 0.709. The van der Waals surface area contributed by atoms with Gasteiger partial charge in [0, 0.05) is 28.5 Å². The number of halogens is 2. The molecular formula is C21H22Br2. The van der Waals surface area contributed by atoms with Gasteiger partial charge in [-0.1, -0.05) is 68.0 Å². The molecule has 0 heterocycles. The summed E-state index contributed by atoms with van der Waals surface area (Å²) in [6, 6.07) is 8.12. The van der Waals surface area contributed by atoms with Crippen LogP contribution in [0.15, 0.2) is 50.9 Å². The van der Waals surface area contributed by atoms with E-state index in [1.54, 1.807) is 0 Å². The molecule has 0 bridgehead atoms. The predicted molar refractivity (Wildman–Crippen MR) is 108 cm³/mol. The van der Waals surface area contributed by atoms with Crippen LogP contribution in [0.2, 0.25) is 0 Å². The van der Waals surface area contributed by atoms with E-state index in [2.05, 4.69) is 55.5 Å². The number of rotatable bonds is 5. The SMILES string of the molecule is C/C=C(C#CCCCCCC#Cc1ccc(Br)cc1)\C=C(/C)Br. The van der Waals surface area contributed by atoms with Gasteiger partial charge < -0.3 is 0 Å². The highest BCUT2D eigenvalue weighted by atomic mass is 79.9. The van der Waals surface area contributed by atoms with Crippen LogP contribution in [0.4, 0.5) is 0 Å². The summed E-state index contributed by atoms with van der Waals surface area (Å²) in [5.41, 5.74) is 2.15. The third kappa shape index (κ3) is 10.2. The molecule has 0 aromatic heterocycles. The molecule has 2 heteroatoms. The molecule has 1 aromatic carbocycles. The number of unbranched alkanes of at least 4 members (excludes halogenated alkanes) is 4. The van der Waals surface area contributed by atoms with Crippen molar-refractivity contribution in [2.45, 2.75) is 46.0 Å². The van der Waals surface area contributed by atoms with Crippen molar-refractivity contribution in [3.63, 3.8) is 0 Å². The molecule has 0 fully saturated rings. The van der Waals surface area contributed by atoms with E-state index in [1.165, 1.54) is 6.42 Å². The minimum absolute atomic E-state index is 0.951. The summed E-state index contributed by atoms with van der Waals surface area (Å²) in [5.74, 6) is 12.9. The van der Waals surface area contributed by atoms with Gasteiger partial charge in [-0.15, -0.1) is 0 Å². The van der Waals surface area contributed by atoms with Crippen LogP contribution < -0.4 is 0 Å². The highest BCUT2D eigenvalue weighted by molar-refractivity contribution is 9.11. The lowest BCUT2D eigenvalue weighted by Crippen LogP contribution is -1.78. The van der Waals surface area contributed by atoms with Crippen molar-refractivity contribution in [3.8, 4) is 23.7 Å². The minimum atomic E-state index is 0.951. The Morgan fingerprint density at radius 1 is 1.04 bits per heavy atom. The average molecular weight is 434 g/mol. The average Bonchev–Trinajstić information content (AvgIpc) is 2.53. The number of hydrogen-bond acceptors (Lipinski definition) is 0. The molecule has 0 aliphatic heterocycles. The van der Waals surface area contributed by atoms with Crippen LogP contribution in [0, 0.1) is 23.7 Å². The van der Waals surface area contributed by atoms with Crippen LogP contribution in [0.25, 0.3) is 0 Å². The first kappa shape index (κ1) is 19.8. The van der Waals surface area contributed by atoms with Crippen molar-refractivity contribution >= 4 is 31.9 Å². The zero-order chi connectivity index (χ0) is 16.9. The van der Waals surface area contributed by atoms with Crippen LogP contribution in [-0.2, 0) is 0 Å². The second kappa shape index (κ2) is 12.2.